The second-order valence-electron chi connectivity index (χ2n) is 5.75. The van der Waals surface area contributed by atoms with Crippen molar-refractivity contribution in [3.63, 3.8) is 0 Å². The number of rotatable bonds is 8. The number of hydrogen-bond acceptors (Lipinski definition) is 5. The fourth-order valence-electron chi connectivity index (χ4n) is 2.11. The van der Waals surface area contributed by atoms with Gasteiger partial charge in [0.25, 0.3) is 5.91 Å². The van der Waals surface area contributed by atoms with Crippen LogP contribution in [-0.2, 0) is 4.74 Å². The zero-order chi connectivity index (χ0) is 16.1. The molecule has 1 saturated carbocycles. The van der Waals surface area contributed by atoms with E-state index in [4.69, 9.17) is 4.74 Å². The average Bonchev–Trinajstić information content (AvgIpc) is 3.26. The lowest BCUT2D eigenvalue weighted by Crippen LogP contribution is -2.34. The van der Waals surface area contributed by atoms with E-state index in [1.807, 2.05) is 30.3 Å². The summed E-state index contributed by atoms with van der Waals surface area (Å²) in [6.07, 6.45) is 1.76. The summed E-state index contributed by atoms with van der Waals surface area (Å²) in [7, 11) is 0. The molecule has 1 aliphatic rings. The molecule has 2 aromatic rings. The van der Waals surface area contributed by atoms with Crippen molar-refractivity contribution in [2.75, 3.05) is 19.8 Å². The monoisotopic (exact) mass is 332 g/mol. The van der Waals surface area contributed by atoms with E-state index in [-0.39, 0.29) is 19.1 Å². The molecule has 1 aromatic carbocycles. The summed E-state index contributed by atoms with van der Waals surface area (Å²) in [6, 6.07) is 9.74. The Balaban J connectivity index is 1.45. The standard InChI is InChI=1S/C17H20N2O3S/c20-14(10-22-9-12-6-7-12)8-18-16(21)15-11-23-17(19-15)13-4-2-1-3-5-13/h1-5,11-12,14,20H,6-10H2,(H,18,21). The quantitative estimate of drug-likeness (QED) is 0.778. The van der Waals surface area contributed by atoms with Gasteiger partial charge in [0.1, 0.15) is 10.7 Å². The van der Waals surface area contributed by atoms with Gasteiger partial charge < -0.3 is 15.2 Å². The SMILES string of the molecule is O=C(NCC(O)COCC1CC1)c1csc(-c2ccccc2)n1. The number of nitrogens with zero attached hydrogens (tertiary/aromatic N) is 1. The second kappa shape index (κ2) is 7.68. The van der Waals surface area contributed by atoms with Gasteiger partial charge >= 0.3 is 0 Å². The maximum absolute atomic E-state index is 12.1. The van der Waals surface area contributed by atoms with Crippen molar-refractivity contribution in [3.8, 4) is 10.6 Å². The van der Waals surface area contributed by atoms with Gasteiger partial charge in [0, 0.05) is 24.1 Å². The van der Waals surface area contributed by atoms with E-state index in [9.17, 15) is 9.90 Å². The van der Waals surface area contributed by atoms with Crippen LogP contribution in [0.4, 0.5) is 0 Å². The van der Waals surface area contributed by atoms with Crippen LogP contribution in [0.3, 0.4) is 0 Å². The van der Waals surface area contributed by atoms with Crippen molar-refractivity contribution in [1.82, 2.24) is 10.3 Å². The first-order valence-corrected chi connectivity index (χ1v) is 8.65. The molecule has 1 atom stereocenters. The minimum absolute atomic E-state index is 0.168. The van der Waals surface area contributed by atoms with Crippen molar-refractivity contribution in [2.45, 2.75) is 18.9 Å². The largest absolute Gasteiger partial charge is 0.389 e. The van der Waals surface area contributed by atoms with Gasteiger partial charge in [0.15, 0.2) is 0 Å². The third-order valence-electron chi connectivity index (χ3n) is 3.62. The van der Waals surface area contributed by atoms with Crippen LogP contribution in [0.2, 0.25) is 0 Å². The lowest BCUT2D eigenvalue weighted by Gasteiger charge is -2.11. The second-order valence-corrected chi connectivity index (χ2v) is 6.61. The van der Waals surface area contributed by atoms with Gasteiger partial charge in [-0.05, 0) is 18.8 Å². The maximum Gasteiger partial charge on any atom is 0.270 e. The Morgan fingerprint density at radius 1 is 1.39 bits per heavy atom. The maximum atomic E-state index is 12.1. The van der Waals surface area contributed by atoms with Crippen molar-refractivity contribution < 1.29 is 14.6 Å². The molecule has 1 aromatic heterocycles. The molecule has 122 valence electrons. The molecule has 6 heteroatoms. The molecule has 23 heavy (non-hydrogen) atoms. The van der Waals surface area contributed by atoms with Gasteiger partial charge in [-0.25, -0.2) is 4.98 Å². The van der Waals surface area contributed by atoms with E-state index in [2.05, 4.69) is 10.3 Å². The summed E-state index contributed by atoms with van der Waals surface area (Å²) in [5.41, 5.74) is 1.37. The summed E-state index contributed by atoms with van der Waals surface area (Å²) >= 11 is 1.43. The average molecular weight is 332 g/mol. The molecule has 1 amide bonds. The number of aliphatic hydroxyl groups excluding tert-OH is 1. The van der Waals surface area contributed by atoms with E-state index in [0.29, 0.717) is 18.2 Å². The van der Waals surface area contributed by atoms with Crippen LogP contribution in [-0.4, -0.2) is 41.9 Å². The number of nitrogens with one attached hydrogen (secondary N) is 1. The number of hydrogen-bond donors (Lipinski definition) is 2. The van der Waals surface area contributed by atoms with Crippen molar-refractivity contribution in [3.05, 3.63) is 41.4 Å². The number of benzene rings is 1. The third kappa shape index (κ3) is 4.86. The molecule has 0 aliphatic heterocycles. The Hall–Kier alpha value is -1.76. The Bertz CT molecular complexity index is 640. The summed E-state index contributed by atoms with van der Waals surface area (Å²) in [5, 5.41) is 15.0. The number of amides is 1. The normalized spacial score (nSPS) is 15.3. The van der Waals surface area contributed by atoms with E-state index < -0.39 is 6.10 Å². The van der Waals surface area contributed by atoms with Crippen LogP contribution in [0.15, 0.2) is 35.7 Å². The van der Waals surface area contributed by atoms with Crippen LogP contribution in [0.5, 0.6) is 0 Å². The number of aliphatic hydroxyl groups is 1. The predicted molar refractivity (Wildman–Crippen MR) is 89.4 cm³/mol. The highest BCUT2D eigenvalue weighted by atomic mass is 32.1. The van der Waals surface area contributed by atoms with Gasteiger partial charge in [-0.2, -0.15) is 0 Å². The van der Waals surface area contributed by atoms with Gasteiger partial charge in [0.2, 0.25) is 0 Å². The minimum Gasteiger partial charge on any atom is -0.389 e. The molecule has 1 aliphatic carbocycles. The lowest BCUT2D eigenvalue weighted by atomic mass is 10.2. The smallest absolute Gasteiger partial charge is 0.270 e. The minimum atomic E-state index is -0.690. The zero-order valence-corrected chi connectivity index (χ0v) is 13.6. The van der Waals surface area contributed by atoms with Gasteiger partial charge in [-0.3, -0.25) is 4.79 Å². The first-order valence-electron chi connectivity index (χ1n) is 7.77. The van der Waals surface area contributed by atoms with Gasteiger partial charge in [0.05, 0.1) is 12.7 Å². The molecule has 1 fully saturated rings. The molecule has 1 unspecified atom stereocenters. The fourth-order valence-corrected chi connectivity index (χ4v) is 2.91. The number of carbonyl (C=O) groups excluding carboxylic acids is 1. The molecule has 3 rings (SSSR count). The third-order valence-corrected chi connectivity index (χ3v) is 4.51. The molecule has 0 bridgehead atoms. The molecule has 1 heterocycles. The highest BCUT2D eigenvalue weighted by molar-refractivity contribution is 7.13. The highest BCUT2D eigenvalue weighted by Gasteiger charge is 2.21. The van der Waals surface area contributed by atoms with Gasteiger partial charge in [-0.15, -0.1) is 11.3 Å². The number of carbonyl (C=O) groups is 1. The van der Waals surface area contributed by atoms with E-state index in [1.165, 1.54) is 24.2 Å². The highest BCUT2D eigenvalue weighted by Crippen LogP contribution is 2.28. The Morgan fingerprint density at radius 3 is 2.91 bits per heavy atom. The van der Waals surface area contributed by atoms with Crippen LogP contribution < -0.4 is 5.32 Å². The van der Waals surface area contributed by atoms with E-state index in [0.717, 1.165) is 10.6 Å². The Labute approximate surface area is 139 Å². The van der Waals surface area contributed by atoms with E-state index >= 15 is 0 Å². The molecule has 2 N–H and O–H groups in total. The number of ether oxygens (including phenoxy) is 1. The Kier molecular flexibility index (Phi) is 5.38. The molecule has 0 radical (unpaired) electrons. The molecule has 0 saturated heterocycles. The zero-order valence-electron chi connectivity index (χ0n) is 12.8. The molecule has 5 nitrogen and oxygen atoms in total. The molecular formula is C17H20N2O3S. The van der Waals surface area contributed by atoms with Crippen LogP contribution in [0.1, 0.15) is 23.3 Å². The topological polar surface area (TPSA) is 71.5 Å². The molecular weight excluding hydrogens is 312 g/mol. The molecule has 0 spiro atoms. The first kappa shape index (κ1) is 16.1. The van der Waals surface area contributed by atoms with Crippen LogP contribution >= 0.6 is 11.3 Å². The van der Waals surface area contributed by atoms with Crippen molar-refractivity contribution in [1.29, 1.82) is 0 Å². The summed E-state index contributed by atoms with van der Waals surface area (Å²) < 4.78 is 5.40. The number of thiazole rings is 1. The summed E-state index contributed by atoms with van der Waals surface area (Å²) in [5.74, 6) is 0.396. The first-order chi connectivity index (χ1) is 11.2. The van der Waals surface area contributed by atoms with E-state index in [1.54, 1.807) is 5.38 Å². The Morgan fingerprint density at radius 2 is 2.17 bits per heavy atom. The van der Waals surface area contributed by atoms with Crippen molar-refractivity contribution in [2.24, 2.45) is 5.92 Å². The summed E-state index contributed by atoms with van der Waals surface area (Å²) in [4.78, 5) is 16.4. The summed E-state index contributed by atoms with van der Waals surface area (Å²) in [6.45, 7) is 1.13. The van der Waals surface area contributed by atoms with Crippen LogP contribution in [0, 0.1) is 5.92 Å². The van der Waals surface area contributed by atoms with Crippen LogP contribution in [0.25, 0.3) is 10.6 Å². The van der Waals surface area contributed by atoms with Crippen molar-refractivity contribution >= 4 is 17.2 Å². The number of aromatic nitrogens is 1. The lowest BCUT2D eigenvalue weighted by molar-refractivity contribution is 0.0320. The van der Waals surface area contributed by atoms with Gasteiger partial charge in [-0.1, -0.05) is 30.3 Å². The predicted octanol–water partition coefficient (Wildman–Crippen LogP) is 2.33. The fraction of sp³-hybridized carbons (Fsp3) is 0.412.